The van der Waals surface area contributed by atoms with E-state index >= 15 is 0 Å². The molecule has 0 aromatic heterocycles. The van der Waals surface area contributed by atoms with Gasteiger partial charge in [-0.05, 0) is 6.08 Å². The number of ether oxygens (including phenoxy) is 3. The Labute approximate surface area is 142 Å². The van der Waals surface area contributed by atoms with E-state index in [9.17, 15) is 35.7 Å². The second-order valence-corrected chi connectivity index (χ2v) is 6.28. The van der Waals surface area contributed by atoms with Gasteiger partial charge in [-0.2, -0.15) is 0 Å². The first-order valence-electron chi connectivity index (χ1n) is 7.89. The minimum atomic E-state index is -1.62. The van der Waals surface area contributed by atoms with Gasteiger partial charge in [0.1, 0.15) is 36.3 Å². The minimum Gasteiger partial charge on any atom is -0.509 e. The average molecular weight is 362 g/mol. The molecule has 3 rings (SSSR count). The Bertz CT molecular complexity index is 546. The van der Waals surface area contributed by atoms with Gasteiger partial charge in [-0.25, -0.2) is 0 Å². The first-order valence-corrected chi connectivity index (χ1v) is 7.89. The van der Waals surface area contributed by atoms with Gasteiger partial charge in [-0.3, -0.25) is 0 Å². The van der Waals surface area contributed by atoms with Crippen molar-refractivity contribution in [3.8, 4) is 0 Å². The van der Waals surface area contributed by atoms with Crippen molar-refractivity contribution in [1.82, 2.24) is 0 Å². The lowest BCUT2D eigenvalue weighted by Gasteiger charge is -2.42. The number of hydrogen-bond acceptors (Lipinski definition) is 10. The average Bonchev–Trinajstić information content (AvgIpc) is 2.87. The number of rotatable bonds is 4. The molecular formula is C15H22O10. The van der Waals surface area contributed by atoms with Crippen LogP contribution >= 0.6 is 0 Å². The summed E-state index contributed by atoms with van der Waals surface area (Å²) >= 11 is 0. The molecule has 2 aliphatic heterocycles. The molecule has 1 fully saturated rings. The lowest BCUT2D eigenvalue weighted by atomic mass is 9.88. The largest absolute Gasteiger partial charge is 0.509 e. The zero-order valence-electron chi connectivity index (χ0n) is 13.1. The van der Waals surface area contributed by atoms with Crippen LogP contribution < -0.4 is 0 Å². The molecule has 2 heterocycles. The van der Waals surface area contributed by atoms with E-state index < -0.39 is 68.1 Å². The summed E-state index contributed by atoms with van der Waals surface area (Å²) in [5, 5.41) is 68.3. The minimum absolute atomic E-state index is 0.136. The molecule has 0 radical (unpaired) electrons. The summed E-state index contributed by atoms with van der Waals surface area (Å²) in [5.74, 6) is -1.71. The standard InChI is InChI=1S/C15H22O10/c16-3-6-8-5(9(18)10(6)19)1-2-23-14(8)25-15-13(22)12(21)11(20)7(4-17)24-15/h1-2,5,7-9,11-22H,3-4H2. The topological polar surface area (TPSA) is 169 Å². The fraction of sp³-hybridized carbons (Fsp3) is 0.733. The van der Waals surface area contributed by atoms with Crippen LogP contribution in [0.5, 0.6) is 0 Å². The molecule has 1 aliphatic carbocycles. The predicted molar refractivity (Wildman–Crippen MR) is 78.6 cm³/mol. The van der Waals surface area contributed by atoms with Gasteiger partial charge in [0, 0.05) is 11.5 Å². The third-order valence-corrected chi connectivity index (χ3v) is 4.88. The lowest BCUT2D eigenvalue weighted by molar-refractivity contribution is -0.339. The van der Waals surface area contributed by atoms with E-state index in [-0.39, 0.29) is 11.3 Å². The molecule has 10 nitrogen and oxygen atoms in total. The Morgan fingerprint density at radius 3 is 2.36 bits per heavy atom. The molecule has 0 bridgehead atoms. The number of aliphatic hydroxyl groups is 7. The van der Waals surface area contributed by atoms with Crippen LogP contribution in [0.1, 0.15) is 0 Å². The zero-order valence-corrected chi connectivity index (χ0v) is 13.1. The van der Waals surface area contributed by atoms with Gasteiger partial charge in [0.05, 0.1) is 25.4 Å². The molecule has 1 saturated heterocycles. The van der Waals surface area contributed by atoms with E-state index in [0.717, 1.165) is 0 Å². The van der Waals surface area contributed by atoms with Crippen molar-refractivity contribution in [3.63, 3.8) is 0 Å². The monoisotopic (exact) mass is 362 g/mol. The van der Waals surface area contributed by atoms with Crippen molar-refractivity contribution in [1.29, 1.82) is 0 Å². The molecule has 142 valence electrons. The Kier molecular flexibility index (Phi) is 5.32. The molecule has 0 amide bonds. The van der Waals surface area contributed by atoms with Gasteiger partial charge in [-0.1, -0.05) is 0 Å². The van der Waals surface area contributed by atoms with Crippen LogP contribution in [0.3, 0.4) is 0 Å². The summed E-state index contributed by atoms with van der Waals surface area (Å²) in [6.07, 6.45) is -6.93. The first kappa shape index (κ1) is 18.5. The Morgan fingerprint density at radius 2 is 1.72 bits per heavy atom. The molecule has 9 unspecified atom stereocenters. The van der Waals surface area contributed by atoms with Crippen molar-refractivity contribution in [2.24, 2.45) is 11.8 Å². The third-order valence-electron chi connectivity index (χ3n) is 4.88. The number of aliphatic hydroxyl groups excluding tert-OH is 7. The van der Waals surface area contributed by atoms with Gasteiger partial charge in [0.2, 0.25) is 6.29 Å². The smallest absolute Gasteiger partial charge is 0.209 e. The fourth-order valence-corrected chi connectivity index (χ4v) is 3.46. The summed E-state index contributed by atoms with van der Waals surface area (Å²) < 4.78 is 16.1. The van der Waals surface area contributed by atoms with E-state index in [2.05, 4.69) is 0 Å². The predicted octanol–water partition coefficient (Wildman–Crippen LogP) is -2.92. The highest BCUT2D eigenvalue weighted by atomic mass is 16.8. The quantitative estimate of drug-likeness (QED) is 0.275. The Hall–Kier alpha value is -1.24. The van der Waals surface area contributed by atoms with Gasteiger partial charge < -0.3 is 50.0 Å². The molecule has 3 aliphatic rings. The van der Waals surface area contributed by atoms with Gasteiger partial charge in [-0.15, -0.1) is 0 Å². The molecule has 25 heavy (non-hydrogen) atoms. The van der Waals surface area contributed by atoms with Crippen molar-refractivity contribution < 1.29 is 50.0 Å². The van der Waals surface area contributed by atoms with Crippen LogP contribution in [-0.4, -0.2) is 92.1 Å². The second-order valence-electron chi connectivity index (χ2n) is 6.28. The van der Waals surface area contributed by atoms with E-state index in [0.29, 0.717) is 0 Å². The summed E-state index contributed by atoms with van der Waals surface area (Å²) in [6.45, 7) is -1.14. The SMILES string of the molecule is OCC1=C(O)C(O)C2C=COC(OC3OC(CO)C(O)C(O)C3O)C12. The zero-order chi connectivity index (χ0) is 18.3. The lowest BCUT2D eigenvalue weighted by Crippen LogP contribution is -2.60. The van der Waals surface area contributed by atoms with E-state index in [4.69, 9.17) is 14.2 Å². The Morgan fingerprint density at radius 1 is 1.00 bits per heavy atom. The second kappa shape index (κ2) is 7.17. The van der Waals surface area contributed by atoms with Crippen LogP contribution in [0.25, 0.3) is 0 Å². The highest BCUT2D eigenvalue weighted by molar-refractivity contribution is 5.29. The maximum Gasteiger partial charge on any atom is 0.209 e. The van der Waals surface area contributed by atoms with Crippen LogP contribution in [0.2, 0.25) is 0 Å². The summed E-state index contributed by atoms with van der Waals surface area (Å²) in [7, 11) is 0. The maximum atomic E-state index is 10.1. The van der Waals surface area contributed by atoms with Crippen LogP contribution in [0, 0.1) is 11.8 Å². The molecule has 0 saturated carbocycles. The van der Waals surface area contributed by atoms with Crippen molar-refractivity contribution >= 4 is 0 Å². The first-order chi connectivity index (χ1) is 11.9. The molecule has 0 spiro atoms. The number of hydrogen-bond donors (Lipinski definition) is 7. The molecule has 9 atom stereocenters. The van der Waals surface area contributed by atoms with Crippen LogP contribution in [0.15, 0.2) is 23.7 Å². The van der Waals surface area contributed by atoms with Crippen LogP contribution in [-0.2, 0) is 14.2 Å². The highest BCUT2D eigenvalue weighted by Gasteiger charge is 2.51. The van der Waals surface area contributed by atoms with Crippen molar-refractivity contribution in [2.75, 3.05) is 13.2 Å². The normalized spacial score (nSPS) is 46.9. The van der Waals surface area contributed by atoms with Crippen LogP contribution in [0.4, 0.5) is 0 Å². The maximum absolute atomic E-state index is 10.1. The molecule has 0 aromatic carbocycles. The Balaban J connectivity index is 1.79. The summed E-state index contributed by atoms with van der Waals surface area (Å²) in [6, 6.07) is 0. The van der Waals surface area contributed by atoms with E-state index in [1.165, 1.54) is 12.3 Å². The number of fused-ring (bicyclic) bond motifs is 1. The molecule has 7 N–H and O–H groups in total. The van der Waals surface area contributed by atoms with E-state index in [1.54, 1.807) is 0 Å². The van der Waals surface area contributed by atoms with Gasteiger partial charge in [0.15, 0.2) is 6.29 Å². The third kappa shape index (κ3) is 3.04. The van der Waals surface area contributed by atoms with Crippen molar-refractivity contribution in [2.45, 2.75) is 43.1 Å². The van der Waals surface area contributed by atoms with E-state index in [1.807, 2.05) is 0 Å². The summed E-state index contributed by atoms with van der Waals surface area (Å²) in [5.41, 5.74) is 0.136. The van der Waals surface area contributed by atoms with Gasteiger partial charge in [0.25, 0.3) is 0 Å². The van der Waals surface area contributed by atoms with Crippen molar-refractivity contribution in [3.05, 3.63) is 23.7 Å². The molecule has 10 heteroatoms. The molecule has 0 aromatic rings. The fourth-order valence-electron chi connectivity index (χ4n) is 3.46. The summed E-state index contributed by atoms with van der Waals surface area (Å²) in [4.78, 5) is 0. The highest BCUT2D eigenvalue weighted by Crippen LogP contribution is 2.43. The molecular weight excluding hydrogens is 340 g/mol. The van der Waals surface area contributed by atoms with Gasteiger partial charge >= 0.3 is 0 Å².